The van der Waals surface area contributed by atoms with Crippen molar-refractivity contribution in [3.8, 4) is 0 Å². The fourth-order valence-corrected chi connectivity index (χ4v) is 1.24. The molecule has 1 amide bonds. The van der Waals surface area contributed by atoms with Crippen molar-refractivity contribution in [1.82, 2.24) is 10.3 Å². The topological polar surface area (TPSA) is 77.2 Å². The van der Waals surface area contributed by atoms with Gasteiger partial charge in [-0.2, -0.15) is 0 Å². The average Bonchev–Trinajstić information content (AvgIpc) is 2.30. The van der Waals surface area contributed by atoms with Crippen LogP contribution in [0.3, 0.4) is 0 Å². The van der Waals surface area contributed by atoms with Gasteiger partial charge in [-0.25, -0.2) is 0 Å². The van der Waals surface area contributed by atoms with Gasteiger partial charge in [-0.1, -0.05) is 6.07 Å². The summed E-state index contributed by atoms with van der Waals surface area (Å²) in [6, 6.07) is 5.47. The molecule has 0 radical (unpaired) electrons. The van der Waals surface area contributed by atoms with Gasteiger partial charge in [-0.15, -0.1) is 0 Å². The van der Waals surface area contributed by atoms with Crippen molar-refractivity contribution in [3.63, 3.8) is 0 Å². The number of aromatic nitrogens is 1. The van der Waals surface area contributed by atoms with Gasteiger partial charge < -0.3 is 15.8 Å². The molecular weight excluding hydrogens is 206 g/mol. The Labute approximate surface area is 95.0 Å². The molecule has 1 heterocycles. The maximum atomic E-state index is 11.4. The SMILES string of the molecule is C[C@H](NC(=O)COCCN)c1ccccn1. The summed E-state index contributed by atoms with van der Waals surface area (Å²) < 4.78 is 5.02. The molecule has 1 aromatic heterocycles. The van der Waals surface area contributed by atoms with Crippen molar-refractivity contribution in [2.45, 2.75) is 13.0 Å². The van der Waals surface area contributed by atoms with E-state index in [0.717, 1.165) is 5.69 Å². The van der Waals surface area contributed by atoms with Crippen LogP contribution in [0.2, 0.25) is 0 Å². The summed E-state index contributed by atoms with van der Waals surface area (Å²) in [6.45, 7) is 2.73. The Bertz CT molecular complexity index is 316. The van der Waals surface area contributed by atoms with E-state index in [-0.39, 0.29) is 18.6 Å². The first-order valence-electron chi connectivity index (χ1n) is 5.22. The summed E-state index contributed by atoms with van der Waals surface area (Å²) in [5, 5.41) is 2.79. The van der Waals surface area contributed by atoms with E-state index in [1.165, 1.54) is 0 Å². The van der Waals surface area contributed by atoms with Gasteiger partial charge in [0.25, 0.3) is 0 Å². The molecule has 3 N–H and O–H groups in total. The zero-order valence-electron chi connectivity index (χ0n) is 9.35. The quantitative estimate of drug-likeness (QED) is 0.677. The lowest BCUT2D eigenvalue weighted by atomic mass is 10.2. The Kier molecular flexibility index (Phi) is 5.45. The van der Waals surface area contributed by atoms with Crippen molar-refractivity contribution in [3.05, 3.63) is 30.1 Å². The molecule has 0 saturated carbocycles. The maximum Gasteiger partial charge on any atom is 0.246 e. The van der Waals surface area contributed by atoms with Crippen LogP contribution in [0.1, 0.15) is 18.7 Å². The van der Waals surface area contributed by atoms with E-state index in [0.29, 0.717) is 13.2 Å². The molecule has 16 heavy (non-hydrogen) atoms. The third-order valence-corrected chi connectivity index (χ3v) is 2.00. The van der Waals surface area contributed by atoms with Crippen LogP contribution in [0.5, 0.6) is 0 Å². The zero-order chi connectivity index (χ0) is 11.8. The molecule has 5 heteroatoms. The van der Waals surface area contributed by atoms with Crippen LogP contribution in [0.25, 0.3) is 0 Å². The molecule has 88 valence electrons. The van der Waals surface area contributed by atoms with E-state index in [9.17, 15) is 4.79 Å². The van der Waals surface area contributed by atoms with E-state index in [4.69, 9.17) is 10.5 Å². The molecular formula is C11H17N3O2. The first kappa shape index (κ1) is 12.6. The summed E-state index contributed by atoms with van der Waals surface area (Å²) in [4.78, 5) is 15.5. The predicted molar refractivity (Wildman–Crippen MR) is 60.7 cm³/mol. The van der Waals surface area contributed by atoms with Gasteiger partial charge in [0.2, 0.25) is 5.91 Å². The third kappa shape index (κ3) is 4.37. The highest BCUT2D eigenvalue weighted by Gasteiger charge is 2.09. The van der Waals surface area contributed by atoms with E-state index in [2.05, 4.69) is 10.3 Å². The van der Waals surface area contributed by atoms with Gasteiger partial charge >= 0.3 is 0 Å². The van der Waals surface area contributed by atoms with E-state index in [1.807, 2.05) is 25.1 Å². The average molecular weight is 223 g/mol. The normalized spacial score (nSPS) is 12.1. The van der Waals surface area contributed by atoms with Crippen molar-refractivity contribution in [1.29, 1.82) is 0 Å². The molecule has 1 rings (SSSR count). The monoisotopic (exact) mass is 223 g/mol. The minimum Gasteiger partial charge on any atom is -0.370 e. The number of carbonyl (C=O) groups is 1. The molecule has 5 nitrogen and oxygen atoms in total. The van der Waals surface area contributed by atoms with Crippen LogP contribution >= 0.6 is 0 Å². The molecule has 0 aliphatic carbocycles. The van der Waals surface area contributed by atoms with Gasteiger partial charge in [-0.05, 0) is 19.1 Å². The van der Waals surface area contributed by atoms with Crippen LogP contribution in [-0.4, -0.2) is 30.6 Å². The fraction of sp³-hybridized carbons (Fsp3) is 0.455. The lowest BCUT2D eigenvalue weighted by Gasteiger charge is -2.13. The lowest BCUT2D eigenvalue weighted by Crippen LogP contribution is -2.31. The van der Waals surface area contributed by atoms with E-state index >= 15 is 0 Å². The molecule has 0 fully saturated rings. The molecule has 0 spiro atoms. The Morgan fingerprint density at radius 3 is 3.06 bits per heavy atom. The summed E-state index contributed by atoms with van der Waals surface area (Å²) >= 11 is 0. The van der Waals surface area contributed by atoms with Crippen molar-refractivity contribution >= 4 is 5.91 Å². The number of rotatable bonds is 6. The van der Waals surface area contributed by atoms with Gasteiger partial charge in [-0.3, -0.25) is 9.78 Å². The standard InChI is InChI=1S/C11H17N3O2/c1-9(10-4-2-3-6-13-10)14-11(15)8-16-7-5-12/h2-4,6,9H,5,7-8,12H2,1H3,(H,14,15)/t9-/m0/s1. The van der Waals surface area contributed by atoms with Crippen LogP contribution in [0, 0.1) is 0 Å². The number of nitrogens with two attached hydrogens (primary N) is 1. The second-order valence-electron chi connectivity index (χ2n) is 3.39. The number of ether oxygens (including phenoxy) is 1. The van der Waals surface area contributed by atoms with Gasteiger partial charge in [0.1, 0.15) is 6.61 Å². The van der Waals surface area contributed by atoms with Crippen LogP contribution in [-0.2, 0) is 9.53 Å². The molecule has 0 aliphatic rings. The largest absolute Gasteiger partial charge is 0.370 e. The molecule has 0 bridgehead atoms. The minimum atomic E-state index is -0.161. The van der Waals surface area contributed by atoms with Crippen molar-refractivity contribution in [2.24, 2.45) is 5.73 Å². The molecule has 0 aliphatic heterocycles. The zero-order valence-corrected chi connectivity index (χ0v) is 9.35. The van der Waals surface area contributed by atoms with Crippen LogP contribution in [0.4, 0.5) is 0 Å². The Morgan fingerprint density at radius 1 is 1.62 bits per heavy atom. The minimum absolute atomic E-state index is 0.0361. The summed E-state index contributed by atoms with van der Waals surface area (Å²) in [7, 11) is 0. The maximum absolute atomic E-state index is 11.4. The smallest absolute Gasteiger partial charge is 0.246 e. The molecule has 0 unspecified atom stereocenters. The highest BCUT2D eigenvalue weighted by Crippen LogP contribution is 2.07. The lowest BCUT2D eigenvalue weighted by molar-refractivity contribution is -0.126. The fourth-order valence-electron chi connectivity index (χ4n) is 1.24. The molecule has 0 saturated heterocycles. The second kappa shape index (κ2) is 6.92. The number of amides is 1. The van der Waals surface area contributed by atoms with Crippen molar-refractivity contribution < 1.29 is 9.53 Å². The van der Waals surface area contributed by atoms with Crippen molar-refractivity contribution in [2.75, 3.05) is 19.8 Å². The van der Waals surface area contributed by atoms with Gasteiger partial charge in [0.15, 0.2) is 0 Å². The molecule has 1 aromatic rings. The summed E-state index contributed by atoms with van der Waals surface area (Å²) in [6.07, 6.45) is 1.70. The number of hydrogen-bond acceptors (Lipinski definition) is 4. The number of hydrogen-bond donors (Lipinski definition) is 2. The first-order chi connectivity index (χ1) is 7.74. The van der Waals surface area contributed by atoms with Crippen LogP contribution < -0.4 is 11.1 Å². The summed E-state index contributed by atoms with van der Waals surface area (Å²) in [5.74, 6) is -0.161. The molecule has 1 atom stereocenters. The van der Waals surface area contributed by atoms with Crippen LogP contribution in [0.15, 0.2) is 24.4 Å². The molecule has 0 aromatic carbocycles. The first-order valence-corrected chi connectivity index (χ1v) is 5.22. The van der Waals surface area contributed by atoms with E-state index < -0.39 is 0 Å². The summed E-state index contributed by atoms with van der Waals surface area (Å²) in [5.41, 5.74) is 6.07. The highest BCUT2D eigenvalue weighted by atomic mass is 16.5. The number of nitrogens with zero attached hydrogens (tertiary/aromatic N) is 1. The number of carbonyl (C=O) groups excluding carboxylic acids is 1. The van der Waals surface area contributed by atoms with Gasteiger partial charge in [0, 0.05) is 12.7 Å². The van der Waals surface area contributed by atoms with E-state index in [1.54, 1.807) is 6.20 Å². The Hall–Kier alpha value is -1.46. The highest BCUT2D eigenvalue weighted by molar-refractivity contribution is 5.77. The third-order valence-electron chi connectivity index (χ3n) is 2.00. The predicted octanol–water partition coefficient (Wildman–Crippen LogP) is 0.234. The number of pyridine rings is 1. The number of nitrogens with one attached hydrogen (secondary N) is 1. The Balaban J connectivity index is 2.34. The van der Waals surface area contributed by atoms with Gasteiger partial charge in [0.05, 0.1) is 18.3 Å². The Morgan fingerprint density at radius 2 is 2.44 bits per heavy atom. The second-order valence-corrected chi connectivity index (χ2v) is 3.39.